The summed E-state index contributed by atoms with van der Waals surface area (Å²) in [7, 11) is 0. The third kappa shape index (κ3) is 2.61. The normalized spacial score (nSPS) is 16.1. The van der Waals surface area contributed by atoms with Crippen LogP contribution in [-0.2, 0) is 4.79 Å². The Labute approximate surface area is 130 Å². The molecule has 0 bridgehead atoms. The second-order valence-corrected chi connectivity index (χ2v) is 4.74. The molecule has 0 fully saturated rings. The van der Waals surface area contributed by atoms with E-state index in [1.54, 1.807) is 30.3 Å². The van der Waals surface area contributed by atoms with E-state index in [1.165, 1.54) is 6.26 Å². The number of rotatable bonds is 3. The lowest BCUT2D eigenvalue weighted by molar-refractivity contribution is -0.125. The molecule has 0 radical (unpaired) electrons. The molecule has 8 heteroatoms. The summed E-state index contributed by atoms with van der Waals surface area (Å²) in [6, 6.07) is 10.5. The third-order valence-corrected chi connectivity index (χ3v) is 3.19. The van der Waals surface area contributed by atoms with Crippen LogP contribution >= 0.6 is 0 Å². The molecule has 1 aliphatic rings. The summed E-state index contributed by atoms with van der Waals surface area (Å²) < 4.78 is 21.5. The second kappa shape index (κ2) is 5.48. The molecule has 3 heterocycles. The Hall–Kier alpha value is -3.29. The van der Waals surface area contributed by atoms with Gasteiger partial charge in [-0.05, 0) is 24.3 Å². The van der Waals surface area contributed by atoms with Crippen molar-refractivity contribution in [3.63, 3.8) is 0 Å². The number of nitrogens with zero attached hydrogens (tertiary/aromatic N) is 2. The number of ether oxygens (including phenoxy) is 2. The molecule has 1 aromatic carbocycles. The van der Waals surface area contributed by atoms with Crippen molar-refractivity contribution in [1.82, 2.24) is 10.2 Å². The molecular formula is C15H11N3O5. The van der Waals surface area contributed by atoms with Gasteiger partial charge in [-0.1, -0.05) is 17.2 Å². The molecule has 1 amide bonds. The molecule has 1 atom stereocenters. The van der Waals surface area contributed by atoms with Crippen molar-refractivity contribution in [3.8, 4) is 23.1 Å². The van der Waals surface area contributed by atoms with E-state index >= 15 is 0 Å². The minimum atomic E-state index is -0.802. The van der Waals surface area contributed by atoms with E-state index in [0.717, 1.165) is 0 Å². The Kier molecular flexibility index (Phi) is 3.19. The van der Waals surface area contributed by atoms with Gasteiger partial charge in [-0.25, -0.2) is 0 Å². The first-order chi connectivity index (χ1) is 11.3. The van der Waals surface area contributed by atoms with Gasteiger partial charge in [0.05, 0.1) is 6.26 Å². The molecule has 0 saturated carbocycles. The second-order valence-electron chi connectivity index (χ2n) is 4.74. The van der Waals surface area contributed by atoms with Gasteiger partial charge in [-0.2, -0.15) is 0 Å². The van der Waals surface area contributed by atoms with Crippen molar-refractivity contribution in [2.24, 2.45) is 0 Å². The Bertz CT molecular complexity index is 827. The van der Waals surface area contributed by atoms with Crippen LogP contribution in [0.15, 0.2) is 51.5 Å². The van der Waals surface area contributed by atoms with Crippen LogP contribution in [0.25, 0.3) is 11.7 Å². The SMILES string of the molecule is O=C(Nc1nnc(-c2ccco2)o1)C1COc2ccccc2O1. The standard InChI is InChI=1S/C15H11N3O5/c19-13(12-8-21-9-4-1-2-5-10(9)22-12)16-15-18-17-14(23-15)11-6-3-7-20-11/h1-7,12H,8H2,(H,16,18,19). The molecular weight excluding hydrogens is 302 g/mol. The summed E-state index contributed by atoms with van der Waals surface area (Å²) in [6.07, 6.45) is 0.687. The van der Waals surface area contributed by atoms with Crippen molar-refractivity contribution in [1.29, 1.82) is 0 Å². The van der Waals surface area contributed by atoms with Crippen molar-refractivity contribution < 1.29 is 23.1 Å². The van der Waals surface area contributed by atoms with Crippen LogP contribution in [0.5, 0.6) is 11.5 Å². The lowest BCUT2D eigenvalue weighted by atomic mass is 10.2. The van der Waals surface area contributed by atoms with Crippen LogP contribution < -0.4 is 14.8 Å². The van der Waals surface area contributed by atoms with E-state index < -0.39 is 12.0 Å². The van der Waals surface area contributed by atoms with Crippen LogP contribution in [0.3, 0.4) is 0 Å². The minimum Gasteiger partial charge on any atom is -0.485 e. The highest BCUT2D eigenvalue weighted by molar-refractivity contribution is 5.93. The lowest BCUT2D eigenvalue weighted by Crippen LogP contribution is -2.40. The van der Waals surface area contributed by atoms with Gasteiger partial charge in [0.25, 0.3) is 11.8 Å². The lowest BCUT2D eigenvalue weighted by Gasteiger charge is -2.24. The molecule has 0 spiro atoms. The molecule has 4 rings (SSSR count). The average Bonchev–Trinajstić information content (AvgIpc) is 3.25. The maximum Gasteiger partial charge on any atom is 0.322 e. The van der Waals surface area contributed by atoms with Gasteiger partial charge in [0.15, 0.2) is 17.3 Å². The fourth-order valence-electron chi connectivity index (χ4n) is 2.11. The number of carbonyl (C=O) groups excluding carboxylic acids is 1. The Morgan fingerprint density at radius 3 is 2.83 bits per heavy atom. The van der Waals surface area contributed by atoms with E-state index in [9.17, 15) is 4.79 Å². The maximum absolute atomic E-state index is 12.2. The van der Waals surface area contributed by atoms with E-state index in [1.807, 2.05) is 6.07 Å². The van der Waals surface area contributed by atoms with Crippen LogP contribution in [0.4, 0.5) is 6.01 Å². The van der Waals surface area contributed by atoms with Gasteiger partial charge in [0.2, 0.25) is 6.10 Å². The van der Waals surface area contributed by atoms with Crippen LogP contribution in [-0.4, -0.2) is 28.8 Å². The molecule has 2 aromatic heterocycles. The molecule has 1 aliphatic heterocycles. The van der Waals surface area contributed by atoms with Crippen LogP contribution in [0.1, 0.15) is 0 Å². The number of fused-ring (bicyclic) bond motifs is 1. The zero-order chi connectivity index (χ0) is 15.6. The first-order valence-corrected chi connectivity index (χ1v) is 6.86. The predicted molar refractivity (Wildman–Crippen MR) is 77.0 cm³/mol. The van der Waals surface area contributed by atoms with Gasteiger partial charge >= 0.3 is 6.01 Å². The quantitative estimate of drug-likeness (QED) is 0.790. The zero-order valence-corrected chi connectivity index (χ0v) is 11.8. The number of hydrogen-bond acceptors (Lipinski definition) is 7. The summed E-state index contributed by atoms with van der Waals surface area (Å²) >= 11 is 0. The zero-order valence-electron chi connectivity index (χ0n) is 11.8. The highest BCUT2D eigenvalue weighted by Gasteiger charge is 2.28. The molecule has 3 aromatic rings. The van der Waals surface area contributed by atoms with E-state index in [4.69, 9.17) is 18.3 Å². The smallest absolute Gasteiger partial charge is 0.322 e. The third-order valence-electron chi connectivity index (χ3n) is 3.19. The number of nitrogens with one attached hydrogen (secondary N) is 1. The highest BCUT2D eigenvalue weighted by atomic mass is 16.6. The number of furan rings is 1. The molecule has 1 unspecified atom stereocenters. The van der Waals surface area contributed by atoms with E-state index in [0.29, 0.717) is 17.3 Å². The average molecular weight is 313 g/mol. The van der Waals surface area contributed by atoms with Crippen molar-refractivity contribution in [3.05, 3.63) is 42.7 Å². The molecule has 0 aliphatic carbocycles. The molecule has 1 N–H and O–H groups in total. The Balaban J connectivity index is 1.45. The number of anilines is 1. The largest absolute Gasteiger partial charge is 0.485 e. The molecule has 116 valence electrons. The highest BCUT2D eigenvalue weighted by Crippen LogP contribution is 2.31. The molecule has 0 saturated heterocycles. The minimum absolute atomic E-state index is 0.0381. The summed E-state index contributed by atoms with van der Waals surface area (Å²) in [5.74, 6) is 1.28. The van der Waals surface area contributed by atoms with E-state index in [2.05, 4.69) is 15.5 Å². The van der Waals surface area contributed by atoms with Gasteiger partial charge in [-0.3, -0.25) is 10.1 Å². The Morgan fingerprint density at radius 2 is 2.00 bits per heavy atom. The first-order valence-electron chi connectivity index (χ1n) is 6.86. The fourth-order valence-corrected chi connectivity index (χ4v) is 2.11. The number of aromatic nitrogens is 2. The van der Waals surface area contributed by atoms with Crippen molar-refractivity contribution in [2.45, 2.75) is 6.10 Å². The first kappa shape index (κ1) is 13.4. The number of para-hydroxylation sites is 2. The van der Waals surface area contributed by atoms with Gasteiger partial charge in [-0.15, -0.1) is 5.10 Å². The fraction of sp³-hybridized carbons (Fsp3) is 0.133. The topological polar surface area (TPSA) is 99.6 Å². The van der Waals surface area contributed by atoms with Gasteiger partial charge in [0.1, 0.15) is 6.61 Å². The van der Waals surface area contributed by atoms with Crippen LogP contribution in [0.2, 0.25) is 0 Å². The summed E-state index contributed by atoms with van der Waals surface area (Å²) in [4.78, 5) is 12.2. The summed E-state index contributed by atoms with van der Waals surface area (Å²) in [6.45, 7) is 0.0992. The molecule has 23 heavy (non-hydrogen) atoms. The summed E-state index contributed by atoms with van der Waals surface area (Å²) in [5, 5.41) is 10.0. The number of carbonyl (C=O) groups is 1. The monoisotopic (exact) mass is 313 g/mol. The van der Waals surface area contributed by atoms with Crippen molar-refractivity contribution >= 4 is 11.9 Å². The predicted octanol–water partition coefficient (Wildman–Crippen LogP) is 2.11. The van der Waals surface area contributed by atoms with E-state index in [-0.39, 0.29) is 18.5 Å². The number of benzene rings is 1. The van der Waals surface area contributed by atoms with Gasteiger partial charge < -0.3 is 18.3 Å². The Morgan fingerprint density at radius 1 is 1.13 bits per heavy atom. The number of amides is 1. The summed E-state index contributed by atoms with van der Waals surface area (Å²) in [5.41, 5.74) is 0. The molecule has 8 nitrogen and oxygen atoms in total. The van der Waals surface area contributed by atoms with Crippen molar-refractivity contribution in [2.75, 3.05) is 11.9 Å². The van der Waals surface area contributed by atoms with Gasteiger partial charge in [0, 0.05) is 0 Å². The van der Waals surface area contributed by atoms with Crippen LogP contribution in [0, 0.1) is 0 Å². The number of hydrogen-bond donors (Lipinski definition) is 1. The maximum atomic E-state index is 12.2.